The van der Waals surface area contributed by atoms with Crippen molar-refractivity contribution >= 4 is 59.0 Å². The maximum atomic E-state index is 6.33. The van der Waals surface area contributed by atoms with Gasteiger partial charge in [0.05, 0.1) is 0 Å². The summed E-state index contributed by atoms with van der Waals surface area (Å²) < 4.78 is 12.7. The molecule has 0 amide bonds. The number of rotatable bonds is 9. The number of benzene rings is 6. The second-order valence-corrected chi connectivity index (χ2v) is 22.7. The molecule has 0 saturated heterocycles. The van der Waals surface area contributed by atoms with Gasteiger partial charge in [0.25, 0.3) is 16.5 Å². The van der Waals surface area contributed by atoms with E-state index in [1.165, 1.54) is 97.9 Å². The molecule has 4 heteroatoms. The SMILES string of the molecule is CC(=N[Si](c1c(C)cccc1C)(c1c(C)cccc1C)c1c(C)cccc1C)C(C)=N[Si](c1c(C)cccc1C)(c1c(C)cccc1C)c1c(C)cccc1C. The molecule has 0 aliphatic carbocycles. The Labute approximate surface area is 339 Å². The second-order valence-electron chi connectivity index (χ2n) is 16.4. The molecule has 6 aromatic rings. The monoisotopic (exact) mass is 768 g/mol. The summed E-state index contributed by atoms with van der Waals surface area (Å²) in [5.74, 6) is 0. The number of hydrogen-bond donors (Lipinski definition) is 0. The van der Waals surface area contributed by atoms with Crippen LogP contribution in [0.5, 0.6) is 0 Å². The van der Waals surface area contributed by atoms with Crippen molar-refractivity contribution in [2.45, 2.75) is 96.9 Å². The Bertz CT molecular complexity index is 1990. The summed E-state index contributed by atoms with van der Waals surface area (Å²) in [6, 6.07) is 40.7. The summed E-state index contributed by atoms with van der Waals surface area (Å²) in [5.41, 5.74) is 17.5. The first-order valence-corrected chi connectivity index (χ1v) is 24.0. The van der Waals surface area contributed by atoms with Crippen LogP contribution in [0.15, 0.2) is 119 Å². The summed E-state index contributed by atoms with van der Waals surface area (Å²) >= 11 is 0. The molecule has 0 heterocycles. The fourth-order valence-electron chi connectivity index (χ4n) is 10.1. The van der Waals surface area contributed by atoms with Gasteiger partial charge >= 0.3 is 0 Å². The van der Waals surface area contributed by atoms with Gasteiger partial charge in [-0.2, -0.15) is 0 Å². The Balaban J connectivity index is 1.86. The molecule has 6 aromatic carbocycles. The Morgan fingerprint density at radius 1 is 0.268 bits per heavy atom. The molecule has 0 atom stereocenters. The highest BCUT2D eigenvalue weighted by molar-refractivity contribution is 7.13. The number of nitrogens with zero attached hydrogens (tertiary/aromatic N) is 2. The topological polar surface area (TPSA) is 24.7 Å². The zero-order valence-corrected chi connectivity index (χ0v) is 38.3. The molecule has 0 aliphatic heterocycles. The molecule has 0 fully saturated rings. The van der Waals surface area contributed by atoms with Crippen molar-refractivity contribution in [2.75, 3.05) is 0 Å². The predicted molar refractivity (Wildman–Crippen MR) is 251 cm³/mol. The summed E-state index contributed by atoms with van der Waals surface area (Å²) in [6.45, 7) is 32.0. The quantitative estimate of drug-likeness (QED) is 0.0798. The molecule has 2 nitrogen and oxygen atoms in total. The lowest BCUT2D eigenvalue weighted by Gasteiger charge is -2.38. The van der Waals surface area contributed by atoms with E-state index in [9.17, 15) is 0 Å². The van der Waals surface area contributed by atoms with E-state index in [4.69, 9.17) is 9.32 Å². The molecule has 0 bridgehead atoms. The van der Waals surface area contributed by atoms with Crippen molar-refractivity contribution in [3.8, 4) is 0 Å². The maximum absolute atomic E-state index is 6.33. The van der Waals surface area contributed by atoms with Crippen LogP contribution in [-0.4, -0.2) is 27.9 Å². The molecular formula is C52H60N2Si2. The third-order valence-electron chi connectivity index (χ3n) is 12.3. The van der Waals surface area contributed by atoms with Crippen LogP contribution >= 0.6 is 0 Å². The largest absolute Gasteiger partial charge is 0.307 e. The van der Waals surface area contributed by atoms with Crippen molar-refractivity contribution in [2.24, 2.45) is 9.32 Å². The van der Waals surface area contributed by atoms with E-state index in [1.54, 1.807) is 0 Å². The predicted octanol–water partition coefficient (Wildman–Crippen LogP) is 8.94. The first-order chi connectivity index (χ1) is 26.6. The van der Waals surface area contributed by atoms with Gasteiger partial charge in [-0.3, -0.25) is 0 Å². The second kappa shape index (κ2) is 15.9. The zero-order valence-electron chi connectivity index (χ0n) is 36.3. The average molecular weight is 769 g/mol. The summed E-state index contributed by atoms with van der Waals surface area (Å²) in [7, 11) is -6.35. The smallest absolute Gasteiger partial charge is 0.275 e. The van der Waals surface area contributed by atoms with Crippen LogP contribution in [0.1, 0.15) is 80.6 Å². The first kappa shape index (κ1) is 40.7. The standard InChI is InChI=1S/C52H60N2Si2/c1-33-21-15-22-34(2)47(33)55(48-35(3)23-16-24-36(48)4,49-37(5)25-17-26-38(49)6)53-45(13)46(14)54-56(50-39(7)27-18-28-40(50)8,51-41(9)29-19-30-42(51)10)52-43(11)31-20-32-44(52)12/h15-32H,1-14H3. The van der Waals surface area contributed by atoms with Crippen molar-refractivity contribution in [3.05, 3.63) is 176 Å². The highest BCUT2D eigenvalue weighted by Gasteiger charge is 2.48. The molecule has 56 heavy (non-hydrogen) atoms. The van der Waals surface area contributed by atoms with Crippen molar-refractivity contribution in [3.63, 3.8) is 0 Å². The molecule has 0 saturated carbocycles. The van der Waals surface area contributed by atoms with Crippen LogP contribution in [0.3, 0.4) is 0 Å². The van der Waals surface area contributed by atoms with Crippen molar-refractivity contribution in [1.82, 2.24) is 0 Å². The van der Waals surface area contributed by atoms with Gasteiger partial charge in [-0.15, -0.1) is 0 Å². The maximum Gasteiger partial charge on any atom is 0.275 e. The van der Waals surface area contributed by atoms with E-state index >= 15 is 0 Å². The minimum Gasteiger partial charge on any atom is -0.307 e. The summed E-state index contributed by atoms with van der Waals surface area (Å²) in [6.07, 6.45) is 0. The highest BCUT2D eigenvalue weighted by atomic mass is 28.3. The Morgan fingerprint density at radius 2 is 0.393 bits per heavy atom. The van der Waals surface area contributed by atoms with Gasteiger partial charge in [0.15, 0.2) is 0 Å². The summed E-state index contributed by atoms with van der Waals surface area (Å²) in [5, 5.41) is 8.28. The van der Waals surface area contributed by atoms with Crippen molar-refractivity contribution in [1.29, 1.82) is 0 Å². The normalized spacial score (nSPS) is 12.7. The molecule has 0 N–H and O–H groups in total. The summed E-state index contributed by atoms with van der Waals surface area (Å²) in [4.78, 5) is 0. The van der Waals surface area contributed by atoms with Gasteiger partial charge in [0.1, 0.15) is 0 Å². The van der Waals surface area contributed by atoms with E-state index in [0.717, 1.165) is 11.4 Å². The van der Waals surface area contributed by atoms with E-state index in [-0.39, 0.29) is 0 Å². The third-order valence-corrected chi connectivity index (χ3v) is 22.7. The fraction of sp³-hybridized carbons (Fsp3) is 0.269. The van der Waals surface area contributed by atoms with E-state index in [1.807, 2.05) is 0 Å². The minimum atomic E-state index is -3.17. The Hall–Kier alpha value is -4.91. The van der Waals surface area contributed by atoms with Crippen LogP contribution in [0.25, 0.3) is 0 Å². The van der Waals surface area contributed by atoms with Gasteiger partial charge in [-0.05, 0) is 195 Å². The van der Waals surface area contributed by atoms with E-state index < -0.39 is 16.5 Å². The van der Waals surface area contributed by atoms with E-state index in [0.29, 0.717) is 0 Å². The highest BCUT2D eigenvalue weighted by Crippen LogP contribution is 2.25. The number of aryl methyl sites for hydroxylation is 12. The zero-order chi connectivity index (χ0) is 40.7. The molecule has 0 aliphatic rings. The lowest BCUT2D eigenvalue weighted by molar-refractivity contribution is 1.35. The average Bonchev–Trinajstić information content (AvgIpc) is 3.11. The lowest BCUT2D eigenvalue weighted by atomic mass is 10.1. The molecule has 286 valence electrons. The first-order valence-electron chi connectivity index (χ1n) is 20.1. The van der Waals surface area contributed by atoms with Crippen LogP contribution < -0.4 is 31.1 Å². The number of hydrogen-bond acceptors (Lipinski definition) is 2. The molecule has 0 unspecified atom stereocenters. The minimum absolute atomic E-state index is 1.00. The van der Waals surface area contributed by atoms with Gasteiger partial charge in [0.2, 0.25) is 0 Å². The van der Waals surface area contributed by atoms with Gasteiger partial charge in [-0.1, -0.05) is 109 Å². The van der Waals surface area contributed by atoms with E-state index in [2.05, 4.69) is 206 Å². The lowest BCUT2D eigenvalue weighted by Crippen LogP contribution is -2.71. The molecular weight excluding hydrogens is 709 g/mol. The molecule has 0 aromatic heterocycles. The Morgan fingerprint density at radius 3 is 0.518 bits per heavy atom. The third kappa shape index (κ3) is 6.81. The van der Waals surface area contributed by atoms with Gasteiger partial charge < -0.3 is 9.32 Å². The van der Waals surface area contributed by atoms with Crippen LogP contribution in [0.2, 0.25) is 0 Å². The van der Waals surface area contributed by atoms with Crippen LogP contribution in [-0.2, 0) is 0 Å². The molecule has 6 rings (SSSR count). The van der Waals surface area contributed by atoms with Crippen molar-refractivity contribution < 1.29 is 0 Å². The molecule has 0 spiro atoms. The van der Waals surface area contributed by atoms with Gasteiger partial charge in [-0.25, -0.2) is 0 Å². The van der Waals surface area contributed by atoms with Crippen LogP contribution in [0, 0.1) is 83.1 Å². The van der Waals surface area contributed by atoms with Crippen LogP contribution in [0.4, 0.5) is 0 Å². The molecule has 0 radical (unpaired) electrons. The fourth-order valence-corrected chi connectivity index (χ4v) is 21.4. The van der Waals surface area contributed by atoms with Gasteiger partial charge in [0, 0.05) is 11.4 Å². The Kier molecular flexibility index (Phi) is 11.6.